The van der Waals surface area contributed by atoms with Crippen LogP contribution in [0.5, 0.6) is 0 Å². The van der Waals surface area contributed by atoms with Crippen LogP contribution in [-0.4, -0.2) is 35.1 Å². The van der Waals surface area contributed by atoms with E-state index in [1.54, 1.807) is 0 Å². The molecule has 0 aliphatic heterocycles. The second-order valence-electron chi connectivity index (χ2n) is 12.9. The standard InChI is InChI=1S/C25H44O3Si2/c1-24-14-13-22-20(21(24)10-11-23(24)28-30(5,6)7)9-8-18-16-19(26)12-15-25(18,22)17-27-29(2,3)4/h16,20-23H,8-15,17H2,1-7H3/t20-,21-,22+,23?,24-,25+/m0/s1. The first-order chi connectivity index (χ1) is 13.8. The molecule has 0 aromatic carbocycles. The van der Waals surface area contributed by atoms with Gasteiger partial charge in [0.25, 0.3) is 0 Å². The number of fused-ring (bicyclic) bond motifs is 5. The molecule has 6 atom stereocenters. The summed E-state index contributed by atoms with van der Waals surface area (Å²) >= 11 is 0. The normalized spacial score (nSPS) is 41.7. The van der Waals surface area contributed by atoms with Crippen LogP contribution in [0, 0.1) is 28.6 Å². The van der Waals surface area contributed by atoms with Crippen molar-refractivity contribution >= 4 is 22.4 Å². The number of ketones is 1. The van der Waals surface area contributed by atoms with E-state index in [1.165, 1.54) is 37.7 Å². The topological polar surface area (TPSA) is 35.5 Å². The molecule has 0 saturated heterocycles. The molecule has 1 unspecified atom stereocenters. The first-order valence-corrected chi connectivity index (χ1v) is 19.2. The molecule has 0 heterocycles. The van der Waals surface area contributed by atoms with Crippen molar-refractivity contribution in [3.63, 3.8) is 0 Å². The third-order valence-electron chi connectivity index (χ3n) is 8.86. The van der Waals surface area contributed by atoms with Gasteiger partial charge < -0.3 is 8.85 Å². The highest BCUT2D eigenvalue weighted by atomic mass is 28.4. The fraction of sp³-hybridized carbons (Fsp3) is 0.880. The molecule has 170 valence electrons. The molecule has 4 rings (SSSR count). The Hall–Kier alpha value is -0.236. The van der Waals surface area contributed by atoms with Gasteiger partial charge in [-0.25, -0.2) is 0 Å². The first-order valence-electron chi connectivity index (χ1n) is 12.4. The van der Waals surface area contributed by atoms with E-state index in [1.807, 2.05) is 6.08 Å². The summed E-state index contributed by atoms with van der Waals surface area (Å²) in [4.78, 5) is 12.3. The van der Waals surface area contributed by atoms with Crippen LogP contribution < -0.4 is 0 Å². The van der Waals surface area contributed by atoms with Crippen LogP contribution in [0.25, 0.3) is 0 Å². The Balaban J connectivity index is 1.63. The third kappa shape index (κ3) is 4.09. The van der Waals surface area contributed by atoms with Gasteiger partial charge in [-0.05, 0) is 113 Å². The highest BCUT2D eigenvalue weighted by molar-refractivity contribution is 6.70. The van der Waals surface area contributed by atoms with E-state index in [0.717, 1.165) is 31.3 Å². The molecule has 4 aliphatic carbocycles. The Morgan fingerprint density at radius 1 is 0.933 bits per heavy atom. The predicted octanol–water partition coefficient (Wildman–Crippen LogP) is 6.57. The highest BCUT2D eigenvalue weighted by Gasteiger charge is 2.61. The van der Waals surface area contributed by atoms with Gasteiger partial charge in [0.05, 0.1) is 6.10 Å². The summed E-state index contributed by atoms with van der Waals surface area (Å²) in [6.07, 6.45) is 11.7. The van der Waals surface area contributed by atoms with Gasteiger partial charge in [0.1, 0.15) is 0 Å². The van der Waals surface area contributed by atoms with E-state index in [4.69, 9.17) is 8.85 Å². The summed E-state index contributed by atoms with van der Waals surface area (Å²) in [7, 11) is -3.14. The molecular formula is C25H44O3Si2. The first kappa shape index (κ1) is 22.9. The van der Waals surface area contributed by atoms with Gasteiger partial charge in [-0.15, -0.1) is 0 Å². The van der Waals surface area contributed by atoms with Gasteiger partial charge >= 0.3 is 0 Å². The molecule has 0 aromatic heterocycles. The zero-order chi connectivity index (χ0) is 21.9. The SMILES string of the molecule is C[C@]12CC[C@@H]3[C@@H](CCC4=CC(=O)CC[C@@]43CO[Si](C)(C)C)[C@@H]1CCC2O[Si](C)(C)C. The van der Waals surface area contributed by atoms with E-state index in [2.05, 4.69) is 46.2 Å². The Morgan fingerprint density at radius 3 is 2.33 bits per heavy atom. The van der Waals surface area contributed by atoms with E-state index in [-0.39, 0.29) is 5.41 Å². The predicted molar refractivity (Wildman–Crippen MR) is 129 cm³/mol. The number of rotatable bonds is 5. The average Bonchev–Trinajstić information content (AvgIpc) is 2.94. The second-order valence-corrected chi connectivity index (χ2v) is 21.9. The van der Waals surface area contributed by atoms with Gasteiger partial charge in [-0.2, -0.15) is 0 Å². The van der Waals surface area contributed by atoms with Crippen LogP contribution in [0.4, 0.5) is 0 Å². The van der Waals surface area contributed by atoms with Crippen molar-refractivity contribution in [2.24, 2.45) is 28.6 Å². The Bertz CT molecular complexity index is 719. The summed E-state index contributed by atoms with van der Waals surface area (Å²) < 4.78 is 13.4. The maximum Gasteiger partial charge on any atom is 0.184 e. The summed E-state index contributed by atoms with van der Waals surface area (Å²) in [5, 5.41) is 0. The zero-order valence-corrected chi connectivity index (χ0v) is 22.5. The van der Waals surface area contributed by atoms with Crippen LogP contribution >= 0.6 is 0 Å². The van der Waals surface area contributed by atoms with E-state index in [0.29, 0.717) is 29.6 Å². The van der Waals surface area contributed by atoms with Gasteiger partial charge in [-0.1, -0.05) is 12.5 Å². The lowest BCUT2D eigenvalue weighted by molar-refractivity contribution is -0.119. The number of hydrogen-bond donors (Lipinski definition) is 0. The van der Waals surface area contributed by atoms with Crippen molar-refractivity contribution in [2.75, 3.05) is 6.61 Å². The molecule has 0 radical (unpaired) electrons. The summed E-state index contributed by atoms with van der Waals surface area (Å²) in [6, 6.07) is 0. The largest absolute Gasteiger partial charge is 0.417 e. The summed E-state index contributed by atoms with van der Waals surface area (Å²) in [5.41, 5.74) is 1.90. The lowest BCUT2D eigenvalue weighted by Gasteiger charge is -2.59. The summed E-state index contributed by atoms with van der Waals surface area (Å²) in [6.45, 7) is 17.3. The molecule has 3 nitrogen and oxygen atoms in total. The van der Waals surface area contributed by atoms with Gasteiger partial charge in [0.2, 0.25) is 0 Å². The molecule has 0 amide bonds. The fourth-order valence-corrected chi connectivity index (χ4v) is 9.48. The van der Waals surface area contributed by atoms with Gasteiger partial charge in [0.15, 0.2) is 22.4 Å². The zero-order valence-electron chi connectivity index (χ0n) is 20.5. The second kappa shape index (κ2) is 7.67. The van der Waals surface area contributed by atoms with Crippen molar-refractivity contribution < 1.29 is 13.6 Å². The minimum atomic E-state index is -1.60. The van der Waals surface area contributed by atoms with Crippen molar-refractivity contribution in [1.29, 1.82) is 0 Å². The molecule has 4 aliphatic rings. The maximum atomic E-state index is 12.3. The lowest BCUT2D eigenvalue weighted by atomic mass is 9.47. The molecule has 0 aromatic rings. The van der Waals surface area contributed by atoms with Crippen molar-refractivity contribution in [2.45, 2.75) is 104 Å². The number of hydrogen-bond acceptors (Lipinski definition) is 3. The molecule has 3 fully saturated rings. The molecule has 0 bridgehead atoms. The Kier molecular flexibility index (Phi) is 5.87. The number of carbonyl (C=O) groups excluding carboxylic acids is 1. The monoisotopic (exact) mass is 448 g/mol. The molecule has 3 saturated carbocycles. The fourth-order valence-electron chi connectivity index (χ4n) is 7.55. The molecule has 5 heteroatoms. The molecular weight excluding hydrogens is 404 g/mol. The van der Waals surface area contributed by atoms with E-state index < -0.39 is 16.6 Å². The van der Waals surface area contributed by atoms with Crippen LogP contribution in [-0.2, 0) is 13.6 Å². The average molecular weight is 449 g/mol. The van der Waals surface area contributed by atoms with Crippen LogP contribution in [0.15, 0.2) is 11.6 Å². The van der Waals surface area contributed by atoms with Gasteiger partial charge in [-0.3, -0.25) is 4.79 Å². The Morgan fingerprint density at radius 2 is 1.67 bits per heavy atom. The minimum absolute atomic E-state index is 0.121. The smallest absolute Gasteiger partial charge is 0.184 e. The van der Waals surface area contributed by atoms with E-state index in [9.17, 15) is 4.79 Å². The summed E-state index contributed by atoms with van der Waals surface area (Å²) in [5.74, 6) is 2.58. The third-order valence-corrected chi connectivity index (χ3v) is 10.9. The quantitative estimate of drug-likeness (QED) is 0.446. The van der Waals surface area contributed by atoms with Crippen molar-refractivity contribution in [3.05, 3.63) is 11.6 Å². The molecule has 0 N–H and O–H groups in total. The van der Waals surface area contributed by atoms with Gasteiger partial charge in [0, 0.05) is 18.4 Å². The van der Waals surface area contributed by atoms with Crippen molar-refractivity contribution in [1.82, 2.24) is 0 Å². The maximum absolute atomic E-state index is 12.3. The number of carbonyl (C=O) groups is 1. The van der Waals surface area contributed by atoms with E-state index >= 15 is 0 Å². The Labute approximate surface area is 186 Å². The van der Waals surface area contributed by atoms with Crippen LogP contribution in [0.1, 0.15) is 58.3 Å². The minimum Gasteiger partial charge on any atom is -0.417 e. The highest BCUT2D eigenvalue weighted by Crippen LogP contribution is 2.66. The lowest BCUT2D eigenvalue weighted by Crippen LogP contribution is -2.55. The molecule has 0 spiro atoms. The molecule has 30 heavy (non-hydrogen) atoms. The van der Waals surface area contributed by atoms with Crippen molar-refractivity contribution in [3.8, 4) is 0 Å². The van der Waals surface area contributed by atoms with Crippen LogP contribution in [0.3, 0.4) is 0 Å². The van der Waals surface area contributed by atoms with Crippen LogP contribution in [0.2, 0.25) is 39.3 Å².